The molecule has 3 aromatic rings. The lowest BCUT2D eigenvalue weighted by Crippen LogP contribution is -2.18. The van der Waals surface area contributed by atoms with Gasteiger partial charge in [-0.3, -0.25) is 10.1 Å². The van der Waals surface area contributed by atoms with E-state index < -0.39 is 0 Å². The molecular weight excluding hydrogens is 357 g/mol. The van der Waals surface area contributed by atoms with E-state index in [0.29, 0.717) is 17.6 Å². The van der Waals surface area contributed by atoms with Gasteiger partial charge in [0.25, 0.3) is 5.91 Å². The van der Waals surface area contributed by atoms with Crippen LogP contribution in [0.15, 0.2) is 54.7 Å². The van der Waals surface area contributed by atoms with Gasteiger partial charge < -0.3 is 9.30 Å². The predicted molar refractivity (Wildman–Crippen MR) is 106 cm³/mol. The van der Waals surface area contributed by atoms with Gasteiger partial charge in [-0.2, -0.15) is 0 Å². The number of ether oxygens (including phenoxy) is 1. The molecule has 0 spiro atoms. The van der Waals surface area contributed by atoms with Gasteiger partial charge in [-0.15, -0.1) is 0 Å². The van der Waals surface area contributed by atoms with Crippen molar-refractivity contribution in [3.63, 3.8) is 0 Å². The lowest BCUT2D eigenvalue weighted by Gasteiger charge is -2.19. The van der Waals surface area contributed by atoms with E-state index in [-0.39, 0.29) is 11.7 Å². The number of nitrogens with one attached hydrogen (secondary N) is 1. The van der Waals surface area contributed by atoms with Gasteiger partial charge in [-0.05, 0) is 61.4 Å². The number of carbonyl (C=O) groups is 1. The number of rotatable bonds is 5. The van der Waals surface area contributed by atoms with Crippen LogP contribution in [0.25, 0.3) is 11.3 Å². The van der Waals surface area contributed by atoms with Crippen molar-refractivity contribution in [3.05, 3.63) is 66.1 Å². The summed E-state index contributed by atoms with van der Waals surface area (Å²) in [5.41, 5.74) is 2.37. The lowest BCUT2D eigenvalue weighted by molar-refractivity contribution is 0.102. The smallest absolute Gasteiger partial charge is 0.257 e. The number of carbonyl (C=O) groups excluding carboxylic acids is 1. The standard InChI is InChI=1S/C22H22FN3O2/c1-28-19-12-8-15(9-13-19)20-14-24-22(26(20)18-4-2-3-5-18)25-21(27)16-6-10-17(23)11-7-16/h6-14,18H,2-5H2,1H3,(H,24,25,27). The highest BCUT2D eigenvalue weighted by Gasteiger charge is 2.24. The summed E-state index contributed by atoms with van der Waals surface area (Å²) in [5.74, 6) is 0.643. The van der Waals surface area contributed by atoms with Gasteiger partial charge in [-0.25, -0.2) is 9.37 Å². The number of anilines is 1. The molecule has 5 nitrogen and oxygen atoms in total. The first kappa shape index (κ1) is 18.2. The molecule has 0 saturated heterocycles. The summed E-state index contributed by atoms with van der Waals surface area (Å²) in [4.78, 5) is 17.1. The fourth-order valence-corrected chi connectivity index (χ4v) is 3.74. The first-order valence-corrected chi connectivity index (χ1v) is 9.44. The second-order valence-electron chi connectivity index (χ2n) is 6.96. The molecule has 1 aliphatic rings. The number of aromatic nitrogens is 2. The number of hydrogen-bond acceptors (Lipinski definition) is 3. The molecule has 1 N–H and O–H groups in total. The molecule has 2 aromatic carbocycles. The Bertz CT molecular complexity index is 958. The minimum atomic E-state index is -0.370. The first-order valence-electron chi connectivity index (χ1n) is 9.44. The topological polar surface area (TPSA) is 56.1 Å². The Balaban J connectivity index is 1.67. The van der Waals surface area contributed by atoms with Crippen LogP contribution in [0, 0.1) is 5.82 Å². The van der Waals surface area contributed by atoms with E-state index in [0.717, 1.165) is 42.7 Å². The van der Waals surface area contributed by atoms with Gasteiger partial charge in [0.1, 0.15) is 11.6 Å². The summed E-state index contributed by atoms with van der Waals surface area (Å²) < 4.78 is 20.5. The molecule has 0 aliphatic heterocycles. The molecule has 1 saturated carbocycles. The highest BCUT2D eigenvalue weighted by atomic mass is 19.1. The highest BCUT2D eigenvalue weighted by molar-refractivity contribution is 6.03. The lowest BCUT2D eigenvalue weighted by atomic mass is 10.1. The normalized spacial score (nSPS) is 14.2. The summed E-state index contributed by atoms with van der Waals surface area (Å²) in [6.45, 7) is 0. The fourth-order valence-electron chi connectivity index (χ4n) is 3.74. The Labute approximate surface area is 163 Å². The van der Waals surface area contributed by atoms with Gasteiger partial charge >= 0.3 is 0 Å². The summed E-state index contributed by atoms with van der Waals surface area (Å²) >= 11 is 0. The SMILES string of the molecule is COc1ccc(-c2cnc(NC(=O)c3ccc(F)cc3)n2C2CCCC2)cc1. The van der Waals surface area contributed by atoms with Crippen LogP contribution in [0.5, 0.6) is 5.75 Å². The monoisotopic (exact) mass is 379 g/mol. The summed E-state index contributed by atoms with van der Waals surface area (Å²) in [5, 5.41) is 2.90. The van der Waals surface area contributed by atoms with Crippen LogP contribution in [0.4, 0.5) is 10.3 Å². The van der Waals surface area contributed by atoms with Crippen LogP contribution in [-0.2, 0) is 0 Å². The van der Waals surface area contributed by atoms with E-state index >= 15 is 0 Å². The maximum absolute atomic E-state index is 13.1. The molecule has 144 valence electrons. The van der Waals surface area contributed by atoms with Crippen molar-refractivity contribution in [2.45, 2.75) is 31.7 Å². The molecular formula is C22H22FN3O2. The molecule has 1 heterocycles. The summed E-state index contributed by atoms with van der Waals surface area (Å²) in [6.07, 6.45) is 6.23. The van der Waals surface area contributed by atoms with Gasteiger partial charge in [0.2, 0.25) is 5.95 Å². The Morgan fingerprint density at radius 2 is 1.79 bits per heavy atom. The van der Waals surface area contributed by atoms with E-state index in [9.17, 15) is 9.18 Å². The van der Waals surface area contributed by atoms with Crippen molar-refractivity contribution in [2.75, 3.05) is 12.4 Å². The Morgan fingerprint density at radius 3 is 2.43 bits per heavy atom. The van der Waals surface area contributed by atoms with E-state index in [2.05, 4.69) is 14.9 Å². The van der Waals surface area contributed by atoms with E-state index in [1.54, 1.807) is 13.3 Å². The minimum Gasteiger partial charge on any atom is -0.497 e. The van der Waals surface area contributed by atoms with Crippen molar-refractivity contribution in [2.24, 2.45) is 0 Å². The quantitative estimate of drug-likeness (QED) is 0.674. The summed E-state index contributed by atoms with van der Waals surface area (Å²) in [7, 11) is 1.64. The molecule has 0 radical (unpaired) electrons. The molecule has 0 unspecified atom stereocenters. The first-order chi connectivity index (χ1) is 13.7. The van der Waals surface area contributed by atoms with E-state index in [1.807, 2.05) is 24.3 Å². The minimum absolute atomic E-state index is 0.295. The average molecular weight is 379 g/mol. The number of nitrogens with zero attached hydrogens (tertiary/aromatic N) is 2. The average Bonchev–Trinajstić information content (AvgIpc) is 3.38. The van der Waals surface area contributed by atoms with Crippen LogP contribution in [-0.4, -0.2) is 22.6 Å². The molecule has 6 heteroatoms. The summed E-state index contributed by atoms with van der Waals surface area (Å²) in [6, 6.07) is 13.6. The Hall–Kier alpha value is -3.15. The van der Waals surface area contributed by atoms with Gasteiger partial charge in [0.05, 0.1) is 19.0 Å². The second kappa shape index (κ2) is 7.84. The Morgan fingerprint density at radius 1 is 1.11 bits per heavy atom. The third-order valence-corrected chi connectivity index (χ3v) is 5.20. The molecule has 1 amide bonds. The number of amides is 1. The largest absolute Gasteiger partial charge is 0.497 e. The third-order valence-electron chi connectivity index (χ3n) is 5.20. The second-order valence-corrected chi connectivity index (χ2v) is 6.96. The molecule has 0 atom stereocenters. The fraction of sp³-hybridized carbons (Fsp3) is 0.273. The highest BCUT2D eigenvalue weighted by Crippen LogP contribution is 2.37. The van der Waals surface area contributed by atoms with Gasteiger partial charge in [0, 0.05) is 17.2 Å². The van der Waals surface area contributed by atoms with Crippen molar-refractivity contribution < 1.29 is 13.9 Å². The number of hydrogen-bond donors (Lipinski definition) is 1. The maximum atomic E-state index is 13.1. The van der Waals surface area contributed by atoms with Crippen LogP contribution in [0.1, 0.15) is 42.1 Å². The van der Waals surface area contributed by atoms with Crippen LogP contribution in [0.2, 0.25) is 0 Å². The zero-order valence-electron chi connectivity index (χ0n) is 15.7. The van der Waals surface area contributed by atoms with Crippen LogP contribution >= 0.6 is 0 Å². The molecule has 1 fully saturated rings. The van der Waals surface area contributed by atoms with Crippen LogP contribution < -0.4 is 10.1 Å². The van der Waals surface area contributed by atoms with E-state index in [4.69, 9.17) is 4.74 Å². The molecule has 1 aromatic heterocycles. The van der Waals surface area contributed by atoms with Gasteiger partial charge in [-0.1, -0.05) is 12.8 Å². The van der Waals surface area contributed by atoms with Crippen molar-refractivity contribution >= 4 is 11.9 Å². The molecule has 28 heavy (non-hydrogen) atoms. The molecule has 4 rings (SSSR count). The number of benzene rings is 2. The Kier molecular flexibility index (Phi) is 5.10. The van der Waals surface area contributed by atoms with Crippen molar-refractivity contribution in [3.8, 4) is 17.0 Å². The number of methoxy groups -OCH3 is 1. The predicted octanol–water partition coefficient (Wildman–Crippen LogP) is 5.07. The zero-order valence-corrected chi connectivity index (χ0v) is 15.7. The van der Waals surface area contributed by atoms with E-state index in [1.165, 1.54) is 24.3 Å². The van der Waals surface area contributed by atoms with Crippen molar-refractivity contribution in [1.82, 2.24) is 9.55 Å². The van der Waals surface area contributed by atoms with Crippen molar-refractivity contribution in [1.29, 1.82) is 0 Å². The van der Waals surface area contributed by atoms with Crippen LogP contribution in [0.3, 0.4) is 0 Å². The maximum Gasteiger partial charge on any atom is 0.257 e. The zero-order chi connectivity index (χ0) is 19.5. The number of halogens is 1. The van der Waals surface area contributed by atoms with Gasteiger partial charge in [0.15, 0.2) is 0 Å². The molecule has 1 aliphatic carbocycles. The number of imidazole rings is 1. The molecule has 0 bridgehead atoms. The third kappa shape index (κ3) is 3.63.